The highest BCUT2D eigenvalue weighted by molar-refractivity contribution is 5.77. The molecule has 1 N–H and O–H groups in total. The van der Waals surface area contributed by atoms with Gasteiger partial charge >= 0.3 is 0 Å². The molecule has 1 aliphatic rings. The first kappa shape index (κ1) is 25.5. The van der Waals surface area contributed by atoms with E-state index in [1.165, 1.54) is 6.07 Å². The maximum absolute atomic E-state index is 14.9. The van der Waals surface area contributed by atoms with Gasteiger partial charge in [-0.05, 0) is 42.8 Å². The molecule has 0 aliphatic carbocycles. The molecule has 0 radical (unpaired) electrons. The lowest BCUT2D eigenvalue weighted by molar-refractivity contribution is 0.122. The van der Waals surface area contributed by atoms with Crippen molar-refractivity contribution in [2.24, 2.45) is 0 Å². The predicted octanol–water partition coefficient (Wildman–Crippen LogP) is 5.49. The van der Waals surface area contributed by atoms with E-state index >= 15 is 0 Å². The van der Waals surface area contributed by atoms with Crippen molar-refractivity contribution in [2.45, 2.75) is 19.8 Å². The molecular formula is C28H30FN5O4. The van der Waals surface area contributed by atoms with Crippen LogP contribution in [0.2, 0.25) is 0 Å². The first-order chi connectivity index (χ1) is 18.6. The Labute approximate surface area is 220 Å². The van der Waals surface area contributed by atoms with Crippen LogP contribution in [0.1, 0.15) is 19.2 Å². The Hall–Kier alpha value is -4.18. The molecule has 0 atom stereocenters. The average Bonchev–Trinajstić information content (AvgIpc) is 3.38. The molecule has 4 aromatic rings. The van der Waals surface area contributed by atoms with E-state index in [1.807, 2.05) is 23.1 Å². The summed E-state index contributed by atoms with van der Waals surface area (Å²) in [6, 6.07) is 12.3. The molecule has 9 nitrogen and oxygen atoms in total. The van der Waals surface area contributed by atoms with Crippen LogP contribution in [-0.2, 0) is 11.2 Å². The lowest BCUT2D eigenvalue weighted by Gasteiger charge is -2.29. The van der Waals surface area contributed by atoms with Crippen molar-refractivity contribution < 1.29 is 23.0 Å². The van der Waals surface area contributed by atoms with Crippen molar-refractivity contribution in [3.63, 3.8) is 0 Å². The van der Waals surface area contributed by atoms with E-state index in [-0.39, 0.29) is 5.82 Å². The number of anilines is 3. The van der Waals surface area contributed by atoms with Crippen molar-refractivity contribution in [2.75, 3.05) is 50.7 Å². The van der Waals surface area contributed by atoms with Gasteiger partial charge in [-0.3, -0.25) is 0 Å². The van der Waals surface area contributed by atoms with E-state index in [0.29, 0.717) is 84.6 Å². The molecule has 38 heavy (non-hydrogen) atoms. The maximum Gasteiger partial charge on any atom is 0.227 e. The Bertz CT molecular complexity index is 1380. The second-order valence-electron chi connectivity index (χ2n) is 8.79. The molecule has 10 heteroatoms. The van der Waals surface area contributed by atoms with Crippen molar-refractivity contribution in [3.8, 4) is 34.2 Å². The first-order valence-corrected chi connectivity index (χ1v) is 12.5. The molecule has 5 rings (SSSR count). The fourth-order valence-corrected chi connectivity index (χ4v) is 4.32. The third kappa shape index (κ3) is 5.55. The van der Waals surface area contributed by atoms with Crippen LogP contribution >= 0.6 is 0 Å². The van der Waals surface area contributed by atoms with Crippen LogP contribution in [0.5, 0.6) is 11.5 Å². The molecule has 0 amide bonds. The molecule has 198 valence electrons. The average molecular weight is 520 g/mol. The number of halogens is 1. The number of aromatic nitrogens is 3. The van der Waals surface area contributed by atoms with Crippen molar-refractivity contribution >= 4 is 17.3 Å². The number of oxazole rings is 1. The fourth-order valence-electron chi connectivity index (χ4n) is 4.32. The zero-order valence-corrected chi connectivity index (χ0v) is 21.7. The van der Waals surface area contributed by atoms with Crippen LogP contribution < -0.4 is 19.7 Å². The number of nitrogens with one attached hydrogen (secondary N) is 1. The minimum Gasteiger partial charge on any atom is -0.497 e. The molecule has 1 fully saturated rings. The van der Waals surface area contributed by atoms with Crippen molar-refractivity contribution in [1.82, 2.24) is 15.0 Å². The minimum atomic E-state index is -0.318. The number of hydrogen-bond donors (Lipinski definition) is 1. The van der Waals surface area contributed by atoms with E-state index < -0.39 is 0 Å². The van der Waals surface area contributed by atoms with Gasteiger partial charge in [-0.25, -0.2) is 19.3 Å². The molecule has 0 spiro atoms. The van der Waals surface area contributed by atoms with Crippen molar-refractivity contribution in [1.29, 1.82) is 0 Å². The lowest BCUT2D eigenvalue weighted by atomic mass is 10.1. The fraction of sp³-hybridized carbons (Fsp3) is 0.321. The van der Waals surface area contributed by atoms with Gasteiger partial charge in [0.05, 0.1) is 33.1 Å². The Balaban J connectivity index is 1.46. The zero-order valence-electron chi connectivity index (χ0n) is 21.7. The summed E-state index contributed by atoms with van der Waals surface area (Å²) in [6.07, 6.45) is 3.18. The molecule has 0 saturated carbocycles. The molecule has 0 bridgehead atoms. The zero-order chi connectivity index (χ0) is 26.5. The summed E-state index contributed by atoms with van der Waals surface area (Å²) < 4.78 is 37.3. The standard InChI is InChI=1S/C28H30FN5O4/c1-4-5-25-33-26(18-14-20(35-2)17-21(15-18)36-3)27(38-25)23-8-9-30-28(32-23)31-19-6-7-24(22(29)16-19)34-10-12-37-13-11-34/h6-9,14-17H,4-5,10-13H2,1-3H3,(H,30,31,32). The van der Waals surface area contributed by atoms with Crippen LogP contribution in [0, 0.1) is 5.82 Å². The molecule has 1 saturated heterocycles. The van der Waals surface area contributed by atoms with Crippen LogP contribution in [0.15, 0.2) is 53.1 Å². The Morgan fingerprint density at radius 2 is 1.76 bits per heavy atom. The molecular weight excluding hydrogens is 489 g/mol. The molecule has 1 aliphatic heterocycles. The Kier molecular flexibility index (Phi) is 7.69. The number of rotatable bonds is 9. The van der Waals surface area contributed by atoms with Gasteiger partial charge in [-0.15, -0.1) is 0 Å². The van der Waals surface area contributed by atoms with E-state index in [9.17, 15) is 4.39 Å². The number of hydrogen-bond acceptors (Lipinski definition) is 9. The number of ether oxygens (including phenoxy) is 3. The SMILES string of the molecule is CCCc1nc(-c2cc(OC)cc(OC)c2)c(-c2ccnc(Nc3ccc(N4CCOCC4)c(F)c3)n2)o1. The topological polar surface area (TPSA) is 94.8 Å². The van der Waals surface area contributed by atoms with Gasteiger partial charge < -0.3 is 28.8 Å². The smallest absolute Gasteiger partial charge is 0.227 e. The van der Waals surface area contributed by atoms with Gasteiger partial charge in [-0.2, -0.15) is 0 Å². The number of morpholine rings is 1. The summed E-state index contributed by atoms with van der Waals surface area (Å²) >= 11 is 0. The first-order valence-electron chi connectivity index (χ1n) is 12.5. The Morgan fingerprint density at radius 3 is 2.45 bits per heavy atom. The van der Waals surface area contributed by atoms with Gasteiger partial charge in [0, 0.05) is 43.0 Å². The van der Waals surface area contributed by atoms with E-state index in [4.69, 9.17) is 23.6 Å². The van der Waals surface area contributed by atoms with Crippen molar-refractivity contribution in [3.05, 3.63) is 60.4 Å². The van der Waals surface area contributed by atoms with Gasteiger partial charge in [0.1, 0.15) is 28.7 Å². The Morgan fingerprint density at radius 1 is 1.00 bits per heavy atom. The van der Waals surface area contributed by atoms with Crippen LogP contribution in [0.25, 0.3) is 22.7 Å². The second kappa shape index (κ2) is 11.5. The van der Waals surface area contributed by atoms with Gasteiger partial charge in [0.2, 0.25) is 5.95 Å². The van der Waals surface area contributed by atoms with Gasteiger partial charge in [0.25, 0.3) is 0 Å². The summed E-state index contributed by atoms with van der Waals surface area (Å²) in [7, 11) is 3.20. The summed E-state index contributed by atoms with van der Waals surface area (Å²) in [4.78, 5) is 15.7. The largest absolute Gasteiger partial charge is 0.497 e. The minimum absolute atomic E-state index is 0.309. The lowest BCUT2D eigenvalue weighted by Crippen LogP contribution is -2.36. The highest BCUT2D eigenvalue weighted by atomic mass is 19.1. The number of benzene rings is 2. The molecule has 3 heterocycles. The number of nitrogens with zero attached hydrogens (tertiary/aromatic N) is 4. The molecule has 0 unspecified atom stereocenters. The quantitative estimate of drug-likeness (QED) is 0.308. The molecule has 2 aromatic heterocycles. The maximum atomic E-state index is 14.9. The third-order valence-corrected chi connectivity index (χ3v) is 6.20. The number of aryl methyl sites for hydroxylation is 1. The summed E-state index contributed by atoms with van der Waals surface area (Å²) in [6.45, 7) is 4.56. The van der Waals surface area contributed by atoms with Gasteiger partial charge in [0.15, 0.2) is 11.7 Å². The predicted molar refractivity (Wildman–Crippen MR) is 143 cm³/mol. The van der Waals surface area contributed by atoms with Crippen LogP contribution in [-0.4, -0.2) is 55.5 Å². The third-order valence-electron chi connectivity index (χ3n) is 6.20. The van der Waals surface area contributed by atoms with E-state index in [0.717, 1.165) is 12.0 Å². The highest BCUT2D eigenvalue weighted by Gasteiger charge is 2.20. The normalized spacial score (nSPS) is 13.4. The van der Waals surface area contributed by atoms with Crippen LogP contribution in [0.3, 0.4) is 0 Å². The summed E-state index contributed by atoms with van der Waals surface area (Å²) in [5.74, 6) is 2.37. The number of methoxy groups -OCH3 is 2. The van der Waals surface area contributed by atoms with Crippen LogP contribution in [0.4, 0.5) is 21.7 Å². The monoisotopic (exact) mass is 519 g/mol. The van der Waals surface area contributed by atoms with E-state index in [1.54, 1.807) is 38.6 Å². The molecule has 2 aromatic carbocycles. The highest BCUT2D eigenvalue weighted by Crippen LogP contribution is 2.36. The van der Waals surface area contributed by atoms with E-state index in [2.05, 4.69) is 22.2 Å². The summed E-state index contributed by atoms with van der Waals surface area (Å²) in [5.41, 5.74) is 3.03. The second-order valence-corrected chi connectivity index (χ2v) is 8.79. The summed E-state index contributed by atoms with van der Waals surface area (Å²) in [5, 5.41) is 3.11. The van der Waals surface area contributed by atoms with Gasteiger partial charge in [-0.1, -0.05) is 6.92 Å².